The third kappa shape index (κ3) is 5.01. The van der Waals surface area contributed by atoms with E-state index in [2.05, 4.69) is 24.0 Å². The van der Waals surface area contributed by atoms with Crippen molar-refractivity contribution in [1.82, 2.24) is 9.50 Å². The van der Waals surface area contributed by atoms with Crippen LogP contribution in [0, 0.1) is 11.8 Å². The molecule has 134 valence electrons. The molecule has 1 aromatic rings. The molecule has 1 saturated heterocycles. The molecule has 0 aromatic heterocycles. The molecule has 7 heteroatoms. The molecule has 24 heavy (non-hydrogen) atoms. The van der Waals surface area contributed by atoms with Gasteiger partial charge in [-0.3, -0.25) is 4.67 Å². The van der Waals surface area contributed by atoms with Gasteiger partial charge in [0.1, 0.15) is 0 Å². The van der Waals surface area contributed by atoms with Crippen molar-refractivity contribution in [2.75, 3.05) is 13.1 Å². The van der Waals surface area contributed by atoms with Crippen LogP contribution in [0.1, 0.15) is 39.2 Å². The Morgan fingerprint density at radius 2 is 1.96 bits per heavy atom. The van der Waals surface area contributed by atoms with E-state index >= 15 is 0 Å². The van der Waals surface area contributed by atoms with Crippen molar-refractivity contribution >= 4 is 25.1 Å². The van der Waals surface area contributed by atoms with Crippen molar-refractivity contribution in [3.8, 4) is 0 Å². The van der Waals surface area contributed by atoms with E-state index in [0.717, 1.165) is 37.2 Å². The van der Waals surface area contributed by atoms with E-state index in [-0.39, 0.29) is 11.8 Å². The van der Waals surface area contributed by atoms with Crippen molar-refractivity contribution in [2.24, 2.45) is 16.9 Å². The van der Waals surface area contributed by atoms with E-state index in [1.807, 2.05) is 44.2 Å². The molecule has 5 nitrogen and oxygen atoms in total. The smallest absolute Gasteiger partial charge is 0.250 e. The fourth-order valence-corrected chi connectivity index (χ4v) is 4.33. The Bertz CT molecular complexity index is 662. The highest BCUT2D eigenvalue weighted by Crippen LogP contribution is 2.23. The average Bonchev–Trinajstić information content (AvgIpc) is 2.55. The maximum absolute atomic E-state index is 12.4. The van der Waals surface area contributed by atoms with Gasteiger partial charge >= 0.3 is 0 Å². The predicted octanol–water partition coefficient (Wildman–Crippen LogP) is 2.86. The third-order valence-corrected chi connectivity index (χ3v) is 6.97. The number of nitrogens with zero attached hydrogens (tertiary/aromatic N) is 2. The van der Waals surface area contributed by atoms with Crippen LogP contribution in [0.4, 0.5) is 0 Å². The van der Waals surface area contributed by atoms with Crippen LogP contribution in [0.3, 0.4) is 0 Å². The lowest BCUT2D eigenvalue weighted by atomic mass is 9.90. The quantitative estimate of drug-likeness (QED) is 0.476. The van der Waals surface area contributed by atoms with Crippen LogP contribution >= 0.6 is 9.39 Å². The average molecular weight is 369 g/mol. The first-order valence-corrected chi connectivity index (χ1v) is 10.5. The first-order valence-electron chi connectivity index (χ1n) is 8.44. The second-order valence-electron chi connectivity index (χ2n) is 6.78. The van der Waals surface area contributed by atoms with Crippen LogP contribution in [-0.4, -0.2) is 37.1 Å². The van der Waals surface area contributed by atoms with Gasteiger partial charge < -0.3 is 0 Å². The summed E-state index contributed by atoms with van der Waals surface area (Å²) in [5, 5.41) is 3.89. The van der Waals surface area contributed by atoms with Crippen molar-refractivity contribution in [3.63, 3.8) is 0 Å². The Hall–Kier alpha value is -0.970. The van der Waals surface area contributed by atoms with Crippen LogP contribution < -0.4 is 4.83 Å². The zero-order chi connectivity index (χ0) is 17.7. The summed E-state index contributed by atoms with van der Waals surface area (Å²) < 4.78 is 27.0. The minimum Gasteiger partial charge on any atom is -0.287 e. The van der Waals surface area contributed by atoms with Crippen molar-refractivity contribution < 1.29 is 8.42 Å². The molecule has 0 amide bonds. The molecule has 2 rings (SSSR count). The van der Waals surface area contributed by atoms with E-state index in [1.165, 1.54) is 0 Å². The molecule has 3 atom stereocenters. The highest BCUT2D eigenvalue weighted by atomic mass is 32.2. The molecule has 0 aliphatic carbocycles. The summed E-state index contributed by atoms with van der Waals surface area (Å²) in [6, 6.07) is 9.84. The molecular formula is C17H28N3O2PS. The number of hydrogen-bond donors (Lipinski definition) is 1. The van der Waals surface area contributed by atoms with Gasteiger partial charge in [-0.25, -0.2) is 13.2 Å². The molecule has 1 heterocycles. The summed E-state index contributed by atoms with van der Waals surface area (Å²) in [5.41, 5.74) is 1.80. The maximum atomic E-state index is 12.4. The highest BCUT2D eigenvalue weighted by molar-refractivity contribution is 7.90. The number of benzene rings is 1. The molecule has 3 unspecified atom stereocenters. The lowest BCUT2D eigenvalue weighted by Crippen LogP contribution is -2.37. The lowest BCUT2D eigenvalue weighted by molar-refractivity contribution is 0.337. The van der Waals surface area contributed by atoms with E-state index in [4.69, 9.17) is 0 Å². The Labute approximate surface area is 148 Å². The Balaban J connectivity index is 2.29. The monoisotopic (exact) mass is 369 g/mol. The van der Waals surface area contributed by atoms with Gasteiger partial charge in [-0.15, -0.1) is 0 Å². The molecule has 0 spiro atoms. The number of piperidine rings is 1. The Morgan fingerprint density at radius 1 is 1.29 bits per heavy atom. The summed E-state index contributed by atoms with van der Waals surface area (Å²) in [4.78, 5) is 2.49. The summed E-state index contributed by atoms with van der Waals surface area (Å²) in [6.45, 7) is 7.42. The van der Waals surface area contributed by atoms with Crippen molar-refractivity contribution in [3.05, 3.63) is 35.9 Å². The fourth-order valence-electron chi connectivity index (χ4n) is 2.78. The van der Waals surface area contributed by atoms with Crippen LogP contribution in [-0.2, 0) is 10.0 Å². The maximum Gasteiger partial charge on any atom is 0.250 e. The largest absolute Gasteiger partial charge is 0.287 e. The summed E-state index contributed by atoms with van der Waals surface area (Å²) in [5.74, 6) is 0.255. The first kappa shape index (κ1) is 19.4. The highest BCUT2D eigenvalue weighted by Gasteiger charge is 2.26. The van der Waals surface area contributed by atoms with Gasteiger partial charge in [0.05, 0.1) is 11.0 Å². The molecule has 1 aromatic carbocycles. The molecule has 1 aliphatic heterocycles. The summed E-state index contributed by atoms with van der Waals surface area (Å²) >= 11 is 0. The van der Waals surface area contributed by atoms with Gasteiger partial charge in [0, 0.05) is 19.0 Å². The second-order valence-corrected chi connectivity index (χ2v) is 9.53. The molecule has 1 N–H and O–H groups in total. The van der Waals surface area contributed by atoms with Gasteiger partial charge in [-0.05, 0) is 31.2 Å². The van der Waals surface area contributed by atoms with Gasteiger partial charge in [0.15, 0.2) is 0 Å². The van der Waals surface area contributed by atoms with Gasteiger partial charge in [-0.2, -0.15) is 5.10 Å². The third-order valence-electron chi connectivity index (χ3n) is 4.63. The Kier molecular flexibility index (Phi) is 6.79. The topological polar surface area (TPSA) is 61.8 Å². The predicted molar refractivity (Wildman–Crippen MR) is 103 cm³/mol. The van der Waals surface area contributed by atoms with E-state index < -0.39 is 15.3 Å². The summed E-state index contributed by atoms with van der Waals surface area (Å²) in [7, 11) is -0.732. The molecular weight excluding hydrogens is 341 g/mol. The normalized spacial score (nSPS) is 21.7. The number of hydrazone groups is 1. The minimum atomic E-state index is -3.47. The zero-order valence-corrected chi connectivity index (χ0v) is 16.6. The molecule has 1 aliphatic rings. The number of hydrogen-bond acceptors (Lipinski definition) is 4. The standard InChI is InChI=1S/C17H28N3O2PS/c1-13(2)14(3)24(21,22)19-18-17(15-8-5-4-6-9-15)16-10-7-11-20(23)12-16/h4-6,8-9,13-14,16,19H,7,10-12,23H2,1-3H3/b18-17+. The van der Waals surface area contributed by atoms with Gasteiger partial charge in [-0.1, -0.05) is 53.6 Å². The van der Waals surface area contributed by atoms with Gasteiger partial charge in [0.25, 0.3) is 0 Å². The van der Waals surface area contributed by atoms with Crippen molar-refractivity contribution in [1.29, 1.82) is 0 Å². The van der Waals surface area contributed by atoms with E-state index in [0.29, 0.717) is 0 Å². The van der Waals surface area contributed by atoms with E-state index in [9.17, 15) is 8.42 Å². The minimum absolute atomic E-state index is 0.0371. The zero-order valence-electron chi connectivity index (χ0n) is 14.6. The van der Waals surface area contributed by atoms with Crippen LogP contribution in [0.2, 0.25) is 0 Å². The van der Waals surface area contributed by atoms with Crippen LogP contribution in [0.5, 0.6) is 0 Å². The SMILES string of the molecule is CC(C)C(C)S(=O)(=O)N/N=C(\c1ccccc1)C1CCCN(P)C1. The number of nitrogens with one attached hydrogen (secondary N) is 1. The van der Waals surface area contributed by atoms with E-state index in [1.54, 1.807) is 6.92 Å². The van der Waals surface area contributed by atoms with Gasteiger partial charge in [0.2, 0.25) is 10.0 Å². The second kappa shape index (κ2) is 8.41. The van der Waals surface area contributed by atoms with Crippen molar-refractivity contribution in [2.45, 2.75) is 38.9 Å². The molecule has 0 saturated carbocycles. The molecule has 0 bridgehead atoms. The summed E-state index contributed by atoms with van der Waals surface area (Å²) in [6.07, 6.45) is 2.09. The molecule has 0 radical (unpaired) electrons. The number of sulfonamides is 1. The molecule has 1 fully saturated rings. The first-order chi connectivity index (χ1) is 11.3. The fraction of sp³-hybridized carbons (Fsp3) is 0.588. The van der Waals surface area contributed by atoms with Crippen LogP contribution in [0.15, 0.2) is 35.4 Å². The Morgan fingerprint density at radius 3 is 2.54 bits per heavy atom. The lowest BCUT2D eigenvalue weighted by Gasteiger charge is -2.30. The number of rotatable bonds is 6. The van der Waals surface area contributed by atoms with Crippen LogP contribution in [0.25, 0.3) is 0 Å².